The molecule has 124 valence electrons. The summed E-state index contributed by atoms with van der Waals surface area (Å²) in [6, 6.07) is 11.0. The van der Waals surface area contributed by atoms with Gasteiger partial charge in [0.05, 0.1) is 17.6 Å². The predicted octanol–water partition coefficient (Wildman–Crippen LogP) is 2.56. The Morgan fingerprint density at radius 2 is 1.96 bits per heavy atom. The normalized spacial score (nSPS) is 9.88. The third-order valence-corrected chi connectivity index (χ3v) is 3.28. The summed E-state index contributed by atoms with van der Waals surface area (Å²) in [4.78, 5) is 32.4. The lowest BCUT2D eigenvalue weighted by atomic mass is 10.1. The highest BCUT2D eigenvalue weighted by Gasteiger charge is 2.17. The Morgan fingerprint density at radius 1 is 1.25 bits per heavy atom. The molecular formula is C16H15N3O5. The molecule has 0 saturated heterocycles. The molecule has 0 unspecified atom stereocenters. The molecule has 2 rings (SSSR count). The minimum absolute atomic E-state index is 0.0888. The number of anilines is 2. The minimum atomic E-state index is -0.660. The van der Waals surface area contributed by atoms with Gasteiger partial charge in [-0.15, -0.1) is 0 Å². The summed E-state index contributed by atoms with van der Waals surface area (Å²) in [5.74, 6) is -0.660. The maximum absolute atomic E-state index is 11.8. The number of hydrogen-bond donors (Lipinski definition) is 2. The maximum atomic E-state index is 11.8. The summed E-state index contributed by atoms with van der Waals surface area (Å²) < 4.78 is 4.66. The number of non-ortho nitro benzene ring substituents is 1. The average molecular weight is 329 g/mol. The fourth-order valence-corrected chi connectivity index (χ4v) is 2.06. The first kappa shape index (κ1) is 16.9. The quantitative estimate of drug-likeness (QED) is 0.349. The summed E-state index contributed by atoms with van der Waals surface area (Å²) in [6.45, 7) is 0.392. The van der Waals surface area contributed by atoms with Crippen LogP contribution < -0.4 is 10.6 Å². The molecule has 0 spiro atoms. The zero-order valence-electron chi connectivity index (χ0n) is 12.8. The molecule has 0 aliphatic rings. The molecule has 2 N–H and O–H groups in total. The Morgan fingerprint density at radius 3 is 2.54 bits per heavy atom. The third kappa shape index (κ3) is 4.07. The van der Waals surface area contributed by atoms with Crippen LogP contribution >= 0.6 is 0 Å². The van der Waals surface area contributed by atoms with E-state index in [0.29, 0.717) is 24.3 Å². The predicted molar refractivity (Wildman–Crippen MR) is 87.9 cm³/mol. The Bertz CT molecular complexity index is 759. The standard InChI is InChI=1S/C16H15N3O5/c1-24-16(21)14-8-13(19(22)23)6-7-15(14)17-9-11-2-4-12(5-3-11)18-10-20/h2-8,10,17H,9H2,1H3,(H,18,20). The molecular weight excluding hydrogens is 314 g/mol. The van der Waals surface area contributed by atoms with Crippen molar-refractivity contribution in [2.75, 3.05) is 17.7 Å². The van der Waals surface area contributed by atoms with Gasteiger partial charge in [-0.25, -0.2) is 4.79 Å². The number of ether oxygens (including phenoxy) is 1. The van der Waals surface area contributed by atoms with Crippen molar-refractivity contribution < 1.29 is 19.2 Å². The molecule has 0 aromatic heterocycles. The second kappa shape index (κ2) is 7.73. The van der Waals surface area contributed by atoms with E-state index in [1.807, 2.05) is 12.1 Å². The average Bonchev–Trinajstić information content (AvgIpc) is 2.60. The molecule has 0 atom stereocenters. The number of nitrogens with zero attached hydrogens (tertiary/aromatic N) is 1. The third-order valence-electron chi connectivity index (χ3n) is 3.28. The van der Waals surface area contributed by atoms with E-state index in [-0.39, 0.29) is 11.3 Å². The zero-order chi connectivity index (χ0) is 17.5. The number of amides is 1. The smallest absolute Gasteiger partial charge is 0.340 e. The van der Waals surface area contributed by atoms with Crippen LogP contribution in [-0.2, 0) is 16.1 Å². The molecule has 2 aromatic rings. The van der Waals surface area contributed by atoms with Crippen molar-refractivity contribution in [3.8, 4) is 0 Å². The van der Waals surface area contributed by atoms with Crippen LogP contribution in [0.25, 0.3) is 0 Å². The Labute approximate surface area is 137 Å². The highest BCUT2D eigenvalue weighted by molar-refractivity contribution is 5.96. The summed E-state index contributed by atoms with van der Waals surface area (Å²) in [6.07, 6.45) is 0.590. The molecule has 1 amide bonds. The molecule has 0 saturated carbocycles. The van der Waals surface area contributed by atoms with E-state index in [9.17, 15) is 19.7 Å². The molecule has 2 aromatic carbocycles. The van der Waals surface area contributed by atoms with Crippen molar-refractivity contribution >= 4 is 29.4 Å². The second-order valence-corrected chi connectivity index (χ2v) is 4.79. The topological polar surface area (TPSA) is 111 Å². The van der Waals surface area contributed by atoms with Crippen molar-refractivity contribution in [3.05, 3.63) is 63.7 Å². The highest BCUT2D eigenvalue weighted by Crippen LogP contribution is 2.23. The van der Waals surface area contributed by atoms with Gasteiger partial charge in [0, 0.05) is 30.1 Å². The fraction of sp³-hybridized carbons (Fsp3) is 0.125. The van der Waals surface area contributed by atoms with Gasteiger partial charge in [-0.3, -0.25) is 14.9 Å². The number of nitro benzene ring substituents is 1. The van der Waals surface area contributed by atoms with Crippen LogP contribution in [0.1, 0.15) is 15.9 Å². The monoisotopic (exact) mass is 329 g/mol. The number of benzene rings is 2. The summed E-state index contributed by atoms with van der Waals surface area (Å²) in [7, 11) is 1.21. The van der Waals surface area contributed by atoms with Gasteiger partial charge in [-0.2, -0.15) is 0 Å². The summed E-state index contributed by atoms with van der Waals surface area (Å²) in [5.41, 5.74) is 1.90. The first-order chi connectivity index (χ1) is 11.5. The number of rotatable bonds is 7. The van der Waals surface area contributed by atoms with E-state index in [2.05, 4.69) is 15.4 Å². The number of carbonyl (C=O) groups excluding carboxylic acids is 2. The van der Waals surface area contributed by atoms with Crippen molar-refractivity contribution in [1.82, 2.24) is 0 Å². The summed E-state index contributed by atoms with van der Waals surface area (Å²) >= 11 is 0. The molecule has 0 aliphatic heterocycles. The lowest BCUT2D eigenvalue weighted by Crippen LogP contribution is -2.09. The number of esters is 1. The number of nitro groups is 1. The number of carbonyl (C=O) groups is 2. The van der Waals surface area contributed by atoms with E-state index < -0.39 is 10.9 Å². The van der Waals surface area contributed by atoms with E-state index in [4.69, 9.17) is 0 Å². The molecule has 0 heterocycles. The van der Waals surface area contributed by atoms with E-state index in [0.717, 1.165) is 5.56 Å². The zero-order valence-corrected chi connectivity index (χ0v) is 12.8. The van der Waals surface area contributed by atoms with Gasteiger partial charge in [-0.1, -0.05) is 12.1 Å². The van der Waals surface area contributed by atoms with Crippen LogP contribution in [0, 0.1) is 10.1 Å². The van der Waals surface area contributed by atoms with Gasteiger partial charge >= 0.3 is 5.97 Å². The van der Waals surface area contributed by atoms with Crippen LogP contribution in [0.15, 0.2) is 42.5 Å². The summed E-state index contributed by atoms with van der Waals surface area (Å²) in [5, 5.41) is 16.4. The van der Waals surface area contributed by atoms with Crippen molar-refractivity contribution in [3.63, 3.8) is 0 Å². The first-order valence-corrected chi connectivity index (χ1v) is 6.95. The Balaban J connectivity index is 2.17. The van der Waals surface area contributed by atoms with Gasteiger partial charge < -0.3 is 15.4 Å². The Kier molecular flexibility index (Phi) is 5.45. The van der Waals surface area contributed by atoms with Crippen molar-refractivity contribution in [2.24, 2.45) is 0 Å². The molecule has 0 radical (unpaired) electrons. The minimum Gasteiger partial charge on any atom is -0.465 e. The SMILES string of the molecule is COC(=O)c1cc([N+](=O)[O-])ccc1NCc1ccc(NC=O)cc1. The lowest BCUT2D eigenvalue weighted by molar-refractivity contribution is -0.384. The van der Waals surface area contributed by atoms with Crippen LogP contribution in [0.4, 0.5) is 17.1 Å². The van der Waals surface area contributed by atoms with Gasteiger partial charge in [0.25, 0.3) is 5.69 Å². The van der Waals surface area contributed by atoms with Crippen LogP contribution in [0.3, 0.4) is 0 Å². The van der Waals surface area contributed by atoms with Gasteiger partial charge in [0.1, 0.15) is 0 Å². The lowest BCUT2D eigenvalue weighted by Gasteiger charge is -2.11. The van der Waals surface area contributed by atoms with E-state index in [1.54, 1.807) is 12.1 Å². The number of hydrogen-bond acceptors (Lipinski definition) is 6. The van der Waals surface area contributed by atoms with Crippen molar-refractivity contribution in [1.29, 1.82) is 0 Å². The number of nitrogens with one attached hydrogen (secondary N) is 2. The van der Waals surface area contributed by atoms with Gasteiger partial charge in [0.2, 0.25) is 6.41 Å². The maximum Gasteiger partial charge on any atom is 0.340 e. The van der Waals surface area contributed by atoms with Crippen LogP contribution in [-0.4, -0.2) is 24.4 Å². The number of methoxy groups -OCH3 is 1. The van der Waals surface area contributed by atoms with Gasteiger partial charge in [0.15, 0.2) is 0 Å². The van der Waals surface area contributed by atoms with Gasteiger partial charge in [-0.05, 0) is 23.8 Å². The first-order valence-electron chi connectivity index (χ1n) is 6.95. The van der Waals surface area contributed by atoms with Crippen LogP contribution in [0.2, 0.25) is 0 Å². The molecule has 0 bridgehead atoms. The highest BCUT2D eigenvalue weighted by atomic mass is 16.6. The van der Waals surface area contributed by atoms with E-state index >= 15 is 0 Å². The second-order valence-electron chi connectivity index (χ2n) is 4.79. The largest absolute Gasteiger partial charge is 0.465 e. The molecule has 8 heteroatoms. The van der Waals surface area contributed by atoms with Crippen molar-refractivity contribution in [2.45, 2.75) is 6.54 Å². The van der Waals surface area contributed by atoms with Crippen LogP contribution in [0.5, 0.6) is 0 Å². The fourth-order valence-electron chi connectivity index (χ4n) is 2.06. The molecule has 0 fully saturated rings. The Hall–Kier alpha value is -3.42. The molecule has 8 nitrogen and oxygen atoms in total. The molecule has 0 aliphatic carbocycles. The molecule has 24 heavy (non-hydrogen) atoms. The van der Waals surface area contributed by atoms with E-state index in [1.165, 1.54) is 25.3 Å².